The van der Waals surface area contributed by atoms with Gasteiger partial charge < -0.3 is 10.5 Å². The summed E-state index contributed by atoms with van der Waals surface area (Å²) in [6.07, 6.45) is -0.279. The van der Waals surface area contributed by atoms with Crippen LogP contribution in [0.5, 0.6) is 0 Å². The smallest absolute Gasteiger partial charge is 0.410 e. The molecule has 1 heterocycles. The Balaban J connectivity index is 2.16. The summed E-state index contributed by atoms with van der Waals surface area (Å²) in [6, 6.07) is 8.13. The first kappa shape index (κ1) is 11.9. The van der Waals surface area contributed by atoms with Crippen LogP contribution < -0.4 is 5.73 Å². The van der Waals surface area contributed by atoms with Crippen LogP contribution in [0.25, 0.3) is 0 Å². The maximum atomic E-state index is 11.7. The highest BCUT2D eigenvalue weighted by molar-refractivity contribution is 5.71. The summed E-state index contributed by atoms with van der Waals surface area (Å²) < 4.78 is 5.07. The maximum absolute atomic E-state index is 11.7. The number of nitrogens with two attached hydrogens (primary N) is 1. The molecular formula is C13H18N2O2. The lowest BCUT2D eigenvalue weighted by molar-refractivity contribution is 0.151. The molecule has 0 aliphatic carbocycles. The van der Waals surface area contributed by atoms with Crippen molar-refractivity contribution in [3.8, 4) is 0 Å². The Morgan fingerprint density at radius 2 is 2.06 bits per heavy atom. The number of nitrogens with zero attached hydrogens (tertiary/aromatic N) is 1. The Morgan fingerprint density at radius 1 is 1.41 bits per heavy atom. The molecule has 4 heteroatoms. The SMILES string of the molecule is Cc1ccc(CN2C(=O)OCC2(C)CN)cc1. The van der Waals surface area contributed by atoms with E-state index in [0.717, 1.165) is 5.56 Å². The summed E-state index contributed by atoms with van der Waals surface area (Å²) in [5, 5.41) is 0. The van der Waals surface area contributed by atoms with Gasteiger partial charge in [0.25, 0.3) is 0 Å². The average molecular weight is 234 g/mol. The van der Waals surface area contributed by atoms with Crippen LogP contribution in [0, 0.1) is 6.92 Å². The van der Waals surface area contributed by atoms with E-state index in [1.54, 1.807) is 4.90 Å². The van der Waals surface area contributed by atoms with Crippen molar-refractivity contribution in [1.29, 1.82) is 0 Å². The highest BCUT2D eigenvalue weighted by atomic mass is 16.6. The predicted octanol–water partition coefficient (Wildman–Crippen LogP) is 1.66. The van der Waals surface area contributed by atoms with Crippen molar-refractivity contribution < 1.29 is 9.53 Å². The van der Waals surface area contributed by atoms with Crippen LogP contribution in [0.2, 0.25) is 0 Å². The number of rotatable bonds is 3. The highest BCUT2D eigenvalue weighted by Gasteiger charge is 2.42. The number of aryl methyl sites for hydroxylation is 1. The second-order valence-corrected chi connectivity index (χ2v) is 4.83. The third kappa shape index (κ3) is 2.26. The fourth-order valence-electron chi connectivity index (χ4n) is 1.89. The molecule has 0 radical (unpaired) electrons. The van der Waals surface area contributed by atoms with Gasteiger partial charge in [-0.05, 0) is 19.4 Å². The van der Waals surface area contributed by atoms with Crippen molar-refractivity contribution in [2.24, 2.45) is 5.73 Å². The van der Waals surface area contributed by atoms with Gasteiger partial charge in [0.2, 0.25) is 0 Å². The average Bonchev–Trinajstić information content (AvgIpc) is 2.61. The van der Waals surface area contributed by atoms with Gasteiger partial charge in [0.15, 0.2) is 0 Å². The molecule has 1 fully saturated rings. The lowest BCUT2D eigenvalue weighted by atomic mass is 10.0. The van der Waals surface area contributed by atoms with Crippen LogP contribution >= 0.6 is 0 Å². The molecule has 0 aromatic heterocycles. The second-order valence-electron chi connectivity index (χ2n) is 4.83. The summed E-state index contributed by atoms with van der Waals surface area (Å²) in [5.74, 6) is 0. The third-order valence-electron chi connectivity index (χ3n) is 3.28. The second kappa shape index (κ2) is 4.37. The van der Waals surface area contributed by atoms with Gasteiger partial charge in [0.1, 0.15) is 6.61 Å². The number of benzene rings is 1. The molecule has 1 aliphatic rings. The first-order valence-corrected chi connectivity index (χ1v) is 5.75. The van der Waals surface area contributed by atoms with E-state index in [9.17, 15) is 4.79 Å². The molecule has 1 aromatic carbocycles. The predicted molar refractivity (Wildman–Crippen MR) is 65.5 cm³/mol. The third-order valence-corrected chi connectivity index (χ3v) is 3.28. The standard InChI is InChI=1S/C13H18N2O2/c1-10-3-5-11(6-4-10)7-15-12(16)17-9-13(15,2)8-14/h3-6H,7-9,14H2,1-2H3. The van der Waals surface area contributed by atoms with Crippen molar-refractivity contribution in [2.75, 3.05) is 13.2 Å². The lowest BCUT2D eigenvalue weighted by Gasteiger charge is -2.30. The van der Waals surface area contributed by atoms with E-state index in [2.05, 4.69) is 0 Å². The number of hydrogen-bond donors (Lipinski definition) is 1. The van der Waals surface area contributed by atoms with Crippen LogP contribution in [0.1, 0.15) is 18.1 Å². The van der Waals surface area contributed by atoms with E-state index < -0.39 is 0 Å². The molecule has 92 valence electrons. The van der Waals surface area contributed by atoms with Gasteiger partial charge in [-0.2, -0.15) is 0 Å². The zero-order chi connectivity index (χ0) is 12.5. The van der Waals surface area contributed by atoms with Crippen LogP contribution in [0.15, 0.2) is 24.3 Å². The van der Waals surface area contributed by atoms with E-state index in [4.69, 9.17) is 10.5 Å². The summed E-state index contributed by atoms with van der Waals surface area (Å²) in [7, 11) is 0. The summed E-state index contributed by atoms with van der Waals surface area (Å²) in [4.78, 5) is 13.4. The van der Waals surface area contributed by atoms with E-state index in [-0.39, 0.29) is 11.6 Å². The minimum Gasteiger partial charge on any atom is -0.447 e. The number of ether oxygens (including phenoxy) is 1. The van der Waals surface area contributed by atoms with E-state index in [0.29, 0.717) is 19.7 Å². The summed E-state index contributed by atoms with van der Waals surface area (Å²) in [5.41, 5.74) is 7.64. The molecule has 1 aliphatic heterocycles. The fourth-order valence-corrected chi connectivity index (χ4v) is 1.89. The first-order valence-electron chi connectivity index (χ1n) is 5.75. The Morgan fingerprint density at radius 3 is 2.65 bits per heavy atom. The largest absolute Gasteiger partial charge is 0.447 e. The summed E-state index contributed by atoms with van der Waals surface area (Å²) in [6.45, 7) is 5.32. The zero-order valence-electron chi connectivity index (χ0n) is 10.3. The quantitative estimate of drug-likeness (QED) is 0.865. The molecule has 1 atom stereocenters. The molecule has 17 heavy (non-hydrogen) atoms. The number of cyclic esters (lactones) is 1. The molecule has 2 N–H and O–H groups in total. The van der Waals surface area contributed by atoms with Crippen LogP contribution in [-0.2, 0) is 11.3 Å². The maximum Gasteiger partial charge on any atom is 0.410 e. The number of carbonyl (C=O) groups is 1. The van der Waals surface area contributed by atoms with E-state index >= 15 is 0 Å². The van der Waals surface area contributed by atoms with Gasteiger partial charge in [0, 0.05) is 13.1 Å². The molecule has 1 amide bonds. The van der Waals surface area contributed by atoms with Gasteiger partial charge in [-0.15, -0.1) is 0 Å². The Kier molecular flexibility index (Phi) is 3.07. The van der Waals surface area contributed by atoms with Crippen LogP contribution in [-0.4, -0.2) is 29.7 Å². The molecule has 4 nitrogen and oxygen atoms in total. The molecule has 0 saturated carbocycles. The molecule has 0 spiro atoms. The van der Waals surface area contributed by atoms with Crippen molar-refractivity contribution in [3.63, 3.8) is 0 Å². The first-order chi connectivity index (χ1) is 8.05. The van der Waals surface area contributed by atoms with Gasteiger partial charge in [0.05, 0.1) is 5.54 Å². The fraction of sp³-hybridized carbons (Fsp3) is 0.462. The number of amides is 1. The molecular weight excluding hydrogens is 216 g/mol. The van der Waals surface area contributed by atoms with E-state index in [1.807, 2.05) is 38.1 Å². The number of hydrogen-bond acceptors (Lipinski definition) is 3. The van der Waals surface area contributed by atoms with Crippen LogP contribution in [0.3, 0.4) is 0 Å². The van der Waals surface area contributed by atoms with Gasteiger partial charge in [-0.25, -0.2) is 4.79 Å². The van der Waals surface area contributed by atoms with Crippen LogP contribution in [0.4, 0.5) is 4.79 Å². The van der Waals surface area contributed by atoms with Crippen molar-refractivity contribution in [3.05, 3.63) is 35.4 Å². The molecule has 1 unspecified atom stereocenters. The van der Waals surface area contributed by atoms with Crippen molar-refractivity contribution >= 4 is 6.09 Å². The van der Waals surface area contributed by atoms with Gasteiger partial charge in [-0.3, -0.25) is 4.90 Å². The minimum atomic E-state index is -0.387. The van der Waals surface area contributed by atoms with Crippen molar-refractivity contribution in [1.82, 2.24) is 4.90 Å². The monoisotopic (exact) mass is 234 g/mol. The van der Waals surface area contributed by atoms with E-state index in [1.165, 1.54) is 5.56 Å². The molecule has 1 aromatic rings. The van der Waals surface area contributed by atoms with Gasteiger partial charge >= 0.3 is 6.09 Å². The molecule has 0 bridgehead atoms. The highest BCUT2D eigenvalue weighted by Crippen LogP contribution is 2.25. The molecule has 2 rings (SSSR count). The normalized spacial score (nSPS) is 23.9. The lowest BCUT2D eigenvalue weighted by Crippen LogP contribution is -2.49. The molecule has 1 saturated heterocycles. The van der Waals surface area contributed by atoms with Gasteiger partial charge in [-0.1, -0.05) is 29.8 Å². The summed E-state index contributed by atoms with van der Waals surface area (Å²) >= 11 is 0. The Bertz CT molecular complexity index is 416. The van der Waals surface area contributed by atoms with Crippen molar-refractivity contribution in [2.45, 2.75) is 25.9 Å². The Hall–Kier alpha value is -1.55. The number of carbonyl (C=O) groups excluding carboxylic acids is 1. The minimum absolute atomic E-state index is 0.279. The Labute approximate surface area is 101 Å². The topological polar surface area (TPSA) is 55.6 Å². The zero-order valence-corrected chi connectivity index (χ0v) is 10.3.